The molecule has 1 aliphatic heterocycles. The van der Waals surface area contributed by atoms with Crippen molar-refractivity contribution in [2.24, 2.45) is 17.8 Å². The number of likely N-dealkylation sites (tertiary alicyclic amines) is 1. The highest BCUT2D eigenvalue weighted by Gasteiger charge is 2.50. The standard InChI is InChI=1S/C35H50N2O2/c1-27(2)24-37(34(39)15-8-4-7-12-28-10-5-3-6-11-28)32-19-18-31-26-36(25-29-16-17-29)21-20-35(31,23-32)30-13-9-14-33(38)22-30/h3,5-6,9-11,13-14,22,27,29,31-32,38H,4,7-8,12,15-21,23-26H2,1-2H3/t31-,32-,35+/m1/s1. The molecule has 0 aromatic heterocycles. The topological polar surface area (TPSA) is 43.8 Å². The quantitative estimate of drug-likeness (QED) is 0.295. The van der Waals surface area contributed by atoms with Gasteiger partial charge in [0, 0.05) is 37.5 Å². The van der Waals surface area contributed by atoms with Crippen LogP contribution in [0.1, 0.15) is 89.2 Å². The number of benzene rings is 2. The summed E-state index contributed by atoms with van der Waals surface area (Å²) in [6, 6.07) is 19.1. The van der Waals surface area contributed by atoms with Crippen molar-refractivity contribution < 1.29 is 9.90 Å². The van der Waals surface area contributed by atoms with Crippen LogP contribution in [0.15, 0.2) is 54.6 Å². The molecule has 2 aromatic rings. The fraction of sp³-hybridized carbons (Fsp3) is 0.629. The Balaban J connectivity index is 1.26. The zero-order valence-electron chi connectivity index (χ0n) is 24.4. The highest BCUT2D eigenvalue weighted by atomic mass is 16.3. The van der Waals surface area contributed by atoms with Crippen LogP contribution in [0.25, 0.3) is 0 Å². The largest absolute Gasteiger partial charge is 0.508 e. The molecule has 3 atom stereocenters. The van der Waals surface area contributed by atoms with Crippen LogP contribution in [-0.4, -0.2) is 53.0 Å². The maximum atomic E-state index is 13.7. The average Bonchev–Trinajstić information content (AvgIpc) is 3.76. The molecule has 4 nitrogen and oxygen atoms in total. The number of nitrogens with zero attached hydrogens (tertiary/aromatic N) is 2. The number of hydrogen-bond acceptors (Lipinski definition) is 3. The van der Waals surface area contributed by atoms with Gasteiger partial charge in [0.05, 0.1) is 0 Å². The lowest BCUT2D eigenvalue weighted by molar-refractivity contribution is -0.136. The van der Waals surface area contributed by atoms with E-state index in [2.05, 4.69) is 60.0 Å². The number of phenols is 1. The summed E-state index contributed by atoms with van der Waals surface area (Å²) in [5, 5.41) is 10.4. The van der Waals surface area contributed by atoms with Crippen LogP contribution in [0.4, 0.5) is 0 Å². The maximum Gasteiger partial charge on any atom is 0.222 e. The maximum absolute atomic E-state index is 13.7. The molecule has 0 spiro atoms. The summed E-state index contributed by atoms with van der Waals surface area (Å²) in [5.74, 6) is 2.69. The van der Waals surface area contributed by atoms with E-state index >= 15 is 0 Å². The first kappa shape index (κ1) is 28.2. The summed E-state index contributed by atoms with van der Waals surface area (Å²) in [6.07, 6.45) is 12.2. The molecule has 1 N–H and O–H groups in total. The lowest BCUT2D eigenvalue weighted by Crippen LogP contribution is -2.57. The second-order valence-corrected chi connectivity index (χ2v) is 13.3. The molecule has 2 saturated carbocycles. The molecule has 3 aliphatic rings. The lowest BCUT2D eigenvalue weighted by atomic mass is 9.57. The van der Waals surface area contributed by atoms with E-state index in [-0.39, 0.29) is 11.5 Å². The van der Waals surface area contributed by atoms with E-state index in [4.69, 9.17) is 0 Å². The number of fused-ring (bicyclic) bond motifs is 1. The van der Waals surface area contributed by atoms with Crippen molar-refractivity contribution in [3.8, 4) is 5.75 Å². The van der Waals surface area contributed by atoms with Gasteiger partial charge in [-0.3, -0.25) is 4.79 Å². The zero-order valence-corrected chi connectivity index (χ0v) is 24.4. The van der Waals surface area contributed by atoms with Gasteiger partial charge in [-0.1, -0.05) is 62.7 Å². The van der Waals surface area contributed by atoms with Crippen LogP contribution in [0.5, 0.6) is 5.75 Å². The highest BCUT2D eigenvalue weighted by Crippen LogP contribution is 2.51. The molecule has 39 heavy (non-hydrogen) atoms. The first-order valence-corrected chi connectivity index (χ1v) is 15.8. The van der Waals surface area contributed by atoms with E-state index in [1.54, 1.807) is 6.07 Å². The fourth-order valence-electron chi connectivity index (χ4n) is 7.52. The molecule has 4 heteroatoms. The second-order valence-electron chi connectivity index (χ2n) is 13.3. The van der Waals surface area contributed by atoms with Gasteiger partial charge in [0.15, 0.2) is 0 Å². The van der Waals surface area contributed by atoms with Crippen molar-refractivity contribution in [1.82, 2.24) is 9.80 Å². The summed E-state index contributed by atoms with van der Waals surface area (Å²) in [5.41, 5.74) is 2.73. The Kier molecular flexibility index (Phi) is 9.32. The molecular weight excluding hydrogens is 480 g/mol. The highest BCUT2D eigenvalue weighted by molar-refractivity contribution is 5.76. The van der Waals surface area contributed by atoms with E-state index in [1.807, 2.05) is 12.1 Å². The Morgan fingerprint density at radius 2 is 1.85 bits per heavy atom. The molecule has 1 saturated heterocycles. The van der Waals surface area contributed by atoms with Gasteiger partial charge in [0.1, 0.15) is 5.75 Å². The predicted molar refractivity (Wildman–Crippen MR) is 160 cm³/mol. The number of piperidine rings is 1. The molecule has 2 aliphatic carbocycles. The number of phenolic OH excluding ortho intramolecular Hbond substituents is 1. The minimum Gasteiger partial charge on any atom is -0.508 e. The third-order valence-electron chi connectivity index (χ3n) is 9.74. The zero-order chi connectivity index (χ0) is 27.2. The molecule has 2 aromatic carbocycles. The van der Waals surface area contributed by atoms with Gasteiger partial charge >= 0.3 is 0 Å². The Labute approximate surface area is 236 Å². The van der Waals surface area contributed by atoms with Crippen molar-refractivity contribution in [2.45, 2.75) is 95.9 Å². The van der Waals surface area contributed by atoms with Crippen LogP contribution in [-0.2, 0) is 16.6 Å². The van der Waals surface area contributed by atoms with Gasteiger partial charge in [0.2, 0.25) is 5.91 Å². The van der Waals surface area contributed by atoms with Crippen molar-refractivity contribution in [3.05, 3.63) is 65.7 Å². The Hall–Kier alpha value is -2.33. The molecular formula is C35H50N2O2. The summed E-state index contributed by atoms with van der Waals surface area (Å²) in [6.45, 7) is 8.90. The molecule has 0 radical (unpaired) electrons. The molecule has 0 unspecified atom stereocenters. The van der Waals surface area contributed by atoms with Gasteiger partial charge in [-0.05, 0) is 105 Å². The van der Waals surface area contributed by atoms with Gasteiger partial charge < -0.3 is 14.9 Å². The van der Waals surface area contributed by atoms with Crippen molar-refractivity contribution in [2.75, 3.05) is 26.2 Å². The monoisotopic (exact) mass is 530 g/mol. The summed E-state index contributed by atoms with van der Waals surface area (Å²) in [4.78, 5) is 18.7. The third-order valence-corrected chi connectivity index (χ3v) is 9.74. The van der Waals surface area contributed by atoms with Crippen molar-refractivity contribution in [3.63, 3.8) is 0 Å². The number of carbonyl (C=O) groups is 1. The Morgan fingerprint density at radius 1 is 1.03 bits per heavy atom. The van der Waals surface area contributed by atoms with Crippen molar-refractivity contribution >= 4 is 5.91 Å². The number of rotatable bonds is 12. The smallest absolute Gasteiger partial charge is 0.222 e. The number of unbranched alkanes of at least 4 members (excludes halogenated alkanes) is 2. The third kappa shape index (κ3) is 7.25. The van der Waals surface area contributed by atoms with Crippen LogP contribution < -0.4 is 0 Å². The van der Waals surface area contributed by atoms with Crippen LogP contribution >= 0.6 is 0 Å². The average molecular weight is 531 g/mol. The lowest BCUT2D eigenvalue weighted by Gasteiger charge is -2.55. The van der Waals surface area contributed by atoms with E-state index in [9.17, 15) is 9.90 Å². The Bertz CT molecular complexity index is 1070. The number of aryl methyl sites for hydroxylation is 1. The van der Waals surface area contributed by atoms with Gasteiger partial charge in [-0.15, -0.1) is 0 Å². The van der Waals surface area contributed by atoms with E-state index in [0.717, 1.165) is 64.0 Å². The van der Waals surface area contributed by atoms with E-state index < -0.39 is 0 Å². The van der Waals surface area contributed by atoms with Crippen molar-refractivity contribution in [1.29, 1.82) is 0 Å². The summed E-state index contributed by atoms with van der Waals surface area (Å²) >= 11 is 0. The summed E-state index contributed by atoms with van der Waals surface area (Å²) in [7, 11) is 0. The summed E-state index contributed by atoms with van der Waals surface area (Å²) < 4.78 is 0. The number of hydrogen-bond donors (Lipinski definition) is 1. The molecule has 5 rings (SSSR count). The second kappa shape index (κ2) is 12.9. The van der Waals surface area contributed by atoms with E-state index in [0.29, 0.717) is 29.9 Å². The SMILES string of the molecule is CC(C)CN(C(=O)CCCCCc1ccccc1)[C@@H]1CC[C@@H]2CN(CC3CC3)CC[C@@]2(c2cccc(O)c2)C1. The normalized spacial score (nSPS) is 25.4. The van der Waals surface area contributed by atoms with E-state index in [1.165, 1.54) is 43.5 Å². The molecule has 212 valence electrons. The molecule has 1 amide bonds. The van der Waals surface area contributed by atoms with Gasteiger partial charge in [0.25, 0.3) is 0 Å². The van der Waals surface area contributed by atoms with Crippen LogP contribution in [0, 0.1) is 17.8 Å². The minimum atomic E-state index is 0.0485. The number of aromatic hydroxyl groups is 1. The van der Waals surface area contributed by atoms with Crippen LogP contribution in [0.2, 0.25) is 0 Å². The fourth-order valence-corrected chi connectivity index (χ4v) is 7.52. The minimum absolute atomic E-state index is 0.0485. The van der Waals surface area contributed by atoms with Crippen LogP contribution in [0.3, 0.4) is 0 Å². The van der Waals surface area contributed by atoms with Gasteiger partial charge in [-0.2, -0.15) is 0 Å². The first-order valence-electron chi connectivity index (χ1n) is 15.8. The predicted octanol–water partition coefficient (Wildman–Crippen LogP) is 7.20. The number of amides is 1. The molecule has 0 bridgehead atoms. The van der Waals surface area contributed by atoms with Gasteiger partial charge in [-0.25, -0.2) is 0 Å². The Morgan fingerprint density at radius 3 is 2.59 bits per heavy atom. The molecule has 1 heterocycles. The first-order chi connectivity index (χ1) is 18.9. The molecule has 3 fully saturated rings. The number of carbonyl (C=O) groups excluding carboxylic acids is 1.